The van der Waals surface area contributed by atoms with Crippen molar-refractivity contribution in [2.24, 2.45) is 0 Å². The maximum atomic E-state index is 13.7. The molecule has 0 bridgehead atoms. The molecule has 11 heteroatoms. The van der Waals surface area contributed by atoms with Crippen molar-refractivity contribution >= 4 is 34.9 Å². The summed E-state index contributed by atoms with van der Waals surface area (Å²) in [5.74, 6) is -1.95. The Morgan fingerprint density at radius 1 is 1.03 bits per heavy atom. The van der Waals surface area contributed by atoms with E-state index in [0.717, 1.165) is 4.90 Å². The molecule has 180 valence electrons. The van der Waals surface area contributed by atoms with Gasteiger partial charge in [0, 0.05) is 29.7 Å². The third-order valence-corrected chi connectivity index (χ3v) is 5.40. The standard InChI is InChI=1S/C24H17ClF4N4O2/c25-16-3-6-18(7-4-16)31-22(34)15-2-9-21(30-13-15)32-10-1-11-33(14-32)23(35)19-12-17(26)5-8-20(19)24(27,28)29/h1-10,12-13H,11,14H2,(H,31,34). The third-order valence-electron chi connectivity index (χ3n) is 5.15. The van der Waals surface area contributed by atoms with E-state index < -0.39 is 34.9 Å². The van der Waals surface area contributed by atoms with E-state index >= 15 is 0 Å². The molecule has 0 saturated heterocycles. The molecule has 0 saturated carbocycles. The van der Waals surface area contributed by atoms with Crippen LogP contribution in [0.1, 0.15) is 26.3 Å². The number of carbonyl (C=O) groups excluding carboxylic acids is 2. The number of anilines is 2. The Hall–Kier alpha value is -3.92. The quantitative estimate of drug-likeness (QED) is 0.471. The molecule has 0 atom stereocenters. The zero-order chi connectivity index (χ0) is 25.2. The minimum absolute atomic E-state index is 0.0325. The Kier molecular flexibility index (Phi) is 6.74. The number of pyridine rings is 1. The average molecular weight is 505 g/mol. The van der Waals surface area contributed by atoms with Crippen molar-refractivity contribution in [3.8, 4) is 0 Å². The molecule has 1 aliphatic heterocycles. The normalized spacial score (nSPS) is 13.6. The molecular formula is C24H17ClF4N4O2. The van der Waals surface area contributed by atoms with Gasteiger partial charge >= 0.3 is 6.18 Å². The first-order valence-electron chi connectivity index (χ1n) is 10.2. The van der Waals surface area contributed by atoms with Crippen LogP contribution in [0.3, 0.4) is 0 Å². The Morgan fingerprint density at radius 2 is 1.77 bits per heavy atom. The summed E-state index contributed by atoms with van der Waals surface area (Å²) < 4.78 is 53.7. The van der Waals surface area contributed by atoms with Crippen LogP contribution in [0.2, 0.25) is 5.02 Å². The third kappa shape index (κ3) is 5.60. The van der Waals surface area contributed by atoms with Crippen LogP contribution < -0.4 is 10.2 Å². The van der Waals surface area contributed by atoms with Gasteiger partial charge in [-0.15, -0.1) is 0 Å². The Morgan fingerprint density at radius 3 is 2.43 bits per heavy atom. The first-order chi connectivity index (χ1) is 16.6. The largest absolute Gasteiger partial charge is 0.417 e. The van der Waals surface area contributed by atoms with Crippen LogP contribution in [0, 0.1) is 5.82 Å². The van der Waals surface area contributed by atoms with Gasteiger partial charge in [-0.3, -0.25) is 9.59 Å². The Bertz CT molecular complexity index is 1280. The van der Waals surface area contributed by atoms with Crippen molar-refractivity contribution < 1.29 is 27.2 Å². The summed E-state index contributed by atoms with van der Waals surface area (Å²) in [5.41, 5.74) is -1.16. The molecule has 0 unspecified atom stereocenters. The summed E-state index contributed by atoms with van der Waals surface area (Å²) in [6.07, 6.45) is -0.288. The lowest BCUT2D eigenvalue weighted by Gasteiger charge is -2.32. The molecule has 4 rings (SSSR count). The van der Waals surface area contributed by atoms with Gasteiger partial charge in [-0.25, -0.2) is 9.37 Å². The number of carbonyl (C=O) groups is 2. The van der Waals surface area contributed by atoms with E-state index in [2.05, 4.69) is 10.3 Å². The van der Waals surface area contributed by atoms with Gasteiger partial charge in [-0.2, -0.15) is 13.2 Å². The summed E-state index contributed by atoms with van der Waals surface area (Å²) >= 11 is 5.83. The SMILES string of the molecule is O=C(Nc1ccc(Cl)cc1)c1ccc(N2C=CCN(C(=O)c3cc(F)ccc3C(F)(F)F)C2)nc1. The number of amides is 2. The predicted molar refractivity (Wildman–Crippen MR) is 123 cm³/mol. The highest BCUT2D eigenvalue weighted by atomic mass is 35.5. The van der Waals surface area contributed by atoms with Crippen molar-refractivity contribution in [2.45, 2.75) is 6.18 Å². The number of nitrogens with zero attached hydrogens (tertiary/aromatic N) is 3. The number of halogens is 5. The van der Waals surface area contributed by atoms with Crippen molar-refractivity contribution in [3.05, 3.63) is 101 Å². The van der Waals surface area contributed by atoms with E-state index in [9.17, 15) is 27.2 Å². The highest BCUT2D eigenvalue weighted by Crippen LogP contribution is 2.33. The number of rotatable bonds is 4. The number of aromatic nitrogens is 1. The van der Waals surface area contributed by atoms with Crippen LogP contribution in [-0.2, 0) is 6.18 Å². The molecule has 0 radical (unpaired) electrons. The maximum absolute atomic E-state index is 13.7. The summed E-state index contributed by atoms with van der Waals surface area (Å²) in [7, 11) is 0. The van der Waals surface area contributed by atoms with Crippen molar-refractivity contribution in [2.75, 3.05) is 23.4 Å². The molecule has 2 heterocycles. The summed E-state index contributed by atoms with van der Waals surface area (Å²) in [6.45, 7) is -0.0861. The van der Waals surface area contributed by atoms with Crippen LogP contribution >= 0.6 is 11.6 Å². The summed E-state index contributed by atoms with van der Waals surface area (Å²) in [4.78, 5) is 32.2. The van der Waals surface area contributed by atoms with E-state index in [1.54, 1.807) is 42.6 Å². The van der Waals surface area contributed by atoms with Gasteiger partial charge in [0.2, 0.25) is 0 Å². The average Bonchev–Trinajstić information content (AvgIpc) is 2.84. The van der Waals surface area contributed by atoms with Crippen molar-refractivity contribution in [1.29, 1.82) is 0 Å². The Labute approximate surface area is 202 Å². The Balaban J connectivity index is 1.48. The van der Waals surface area contributed by atoms with Gasteiger partial charge < -0.3 is 15.1 Å². The number of hydrogen-bond acceptors (Lipinski definition) is 4. The van der Waals surface area contributed by atoms with E-state index in [1.807, 2.05) is 0 Å². The van der Waals surface area contributed by atoms with E-state index in [1.165, 1.54) is 17.2 Å². The number of hydrogen-bond donors (Lipinski definition) is 1. The number of alkyl halides is 3. The first kappa shape index (κ1) is 24.2. The zero-order valence-electron chi connectivity index (χ0n) is 17.9. The van der Waals surface area contributed by atoms with Gasteiger partial charge in [-0.05, 0) is 60.7 Å². The van der Waals surface area contributed by atoms with Crippen molar-refractivity contribution in [1.82, 2.24) is 9.88 Å². The van der Waals surface area contributed by atoms with Crippen LogP contribution in [0.25, 0.3) is 0 Å². The summed E-state index contributed by atoms with van der Waals surface area (Å²) in [6, 6.07) is 11.4. The predicted octanol–water partition coefficient (Wildman–Crippen LogP) is 5.58. The van der Waals surface area contributed by atoms with Gasteiger partial charge in [0.1, 0.15) is 11.6 Å². The number of benzene rings is 2. The van der Waals surface area contributed by atoms with E-state index in [-0.39, 0.29) is 18.8 Å². The number of nitrogens with one attached hydrogen (secondary N) is 1. The lowest BCUT2D eigenvalue weighted by atomic mass is 10.1. The molecule has 1 aliphatic rings. The molecule has 35 heavy (non-hydrogen) atoms. The van der Waals surface area contributed by atoms with Gasteiger partial charge in [0.25, 0.3) is 11.8 Å². The van der Waals surface area contributed by atoms with Gasteiger partial charge in [0.05, 0.1) is 23.4 Å². The fourth-order valence-electron chi connectivity index (χ4n) is 3.42. The molecule has 0 aliphatic carbocycles. The zero-order valence-corrected chi connectivity index (χ0v) is 18.6. The molecule has 0 fully saturated rings. The molecule has 6 nitrogen and oxygen atoms in total. The van der Waals surface area contributed by atoms with Crippen LogP contribution in [0.4, 0.5) is 29.1 Å². The molecule has 2 aromatic carbocycles. The topological polar surface area (TPSA) is 65.5 Å². The fraction of sp³-hybridized carbons (Fsp3) is 0.125. The highest BCUT2D eigenvalue weighted by Gasteiger charge is 2.37. The molecular weight excluding hydrogens is 488 g/mol. The smallest absolute Gasteiger partial charge is 0.322 e. The molecule has 2 amide bonds. The first-order valence-corrected chi connectivity index (χ1v) is 10.6. The highest BCUT2D eigenvalue weighted by molar-refractivity contribution is 6.30. The van der Waals surface area contributed by atoms with Gasteiger partial charge in [0.15, 0.2) is 0 Å². The molecule has 1 aromatic heterocycles. The lowest BCUT2D eigenvalue weighted by molar-refractivity contribution is -0.138. The lowest BCUT2D eigenvalue weighted by Crippen LogP contribution is -2.43. The van der Waals surface area contributed by atoms with Crippen LogP contribution in [0.5, 0.6) is 0 Å². The molecule has 1 N–H and O–H groups in total. The van der Waals surface area contributed by atoms with Crippen molar-refractivity contribution in [3.63, 3.8) is 0 Å². The van der Waals surface area contributed by atoms with Gasteiger partial charge in [-0.1, -0.05) is 11.6 Å². The maximum Gasteiger partial charge on any atom is 0.417 e. The summed E-state index contributed by atoms with van der Waals surface area (Å²) in [5, 5.41) is 3.24. The monoisotopic (exact) mass is 504 g/mol. The van der Waals surface area contributed by atoms with E-state index in [0.29, 0.717) is 34.7 Å². The van der Waals surface area contributed by atoms with E-state index in [4.69, 9.17) is 11.6 Å². The molecule has 3 aromatic rings. The fourth-order valence-corrected chi connectivity index (χ4v) is 3.55. The van der Waals surface area contributed by atoms with Crippen LogP contribution in [-0.4, -0.2) is 34.9 Å². The minimum Gasteiger partial charge on any atom is -0.322 e. The minimum atomic E-state index is -4.81. The van der Waals surface area contributed by atoms with Crippen LogP contribution in [0.15, 0.2) is 73.1 Å². The molecule has 0 spiro atoms. The second kappa shape index (κ2) is 9.75. The second-order valence-electron chi connectivity index (χ2n) is 7.58. The second-order valence-corrected chi connectivity index (χ2v) is 8.01.